The van der Waals surface area contributed by atoms with E-state index >= 15 is 0 Å². The fraction of sp³-hybridized carbons (Fsp3) is 0.667. The van der Waals surface area contributed by atoms with E-state index in [0.29, 0.717) is 17.9 Å². The first kappa shape index (κ1) is 13.3. The Morgan fingerprint density at radius 1 is 1.56 bits per heavy atom. The second kappa shape index (κ2) is 4.88. The van der Waals surface area contributed by atoms with Crippen LogP contribution in [0.2, 0.25) is 0 Å². The van der Waals surface area contributed by atoms with Crippen LogP contribution in [0.25, 0.3) is 0 Å². The van der Waals surface area contributed by atoms with E-state index < -0.39 is 12.3 Å². The van der Waals surface area contributed by atoms with Crippen LogP contribution in [0.3, 0.4) is 0 Å². The molecule has 2 rings (SSSR count). The minimum Gasteiger partial charge on any atom is -0.429 e. The summed E-state index contributed by atoms with van der Waals surface area (Å²) in [4.78, 5) is 11.0. The highest BCUT2D eigenvalue weighted by Crippen LogP contribution is 2.45. The maximum atomic E-state index is 11.0. The lowest BCUT2D eigenvalue weighted by atomic mass is 9.65. The van der Waals surface area contributed by atoms with Gasteiger partial charge < -0.3 is 9.84 Å². The van der Waals surface area contributed by atoms with Gasteiger partial charge in [0.15, 0.2) is 0 Å². The molecule has 1 aliphatic carbocycles. The largest absolute Gasteiger partial charge is 0.429 e. The molecule has 1 unspecified atom stereocenters. The maximum absolute atomic E-state index is 11.0. The molecule has 1 fully saturated rings. The van der Waals surface area contributed by atoms with Crippen molar-refractivity contribution in [3.05, 3.63) is 23.8 Å². The molecule has 0 amide bonds. The summed E-state index contributed by atoms with van der Waals surface area (Å²) >= 11 is 0. The summed E-state index contributed by atoms with van der Waals surface area (Å²) in [5.41, 5.74) is 2.28. The average Bonchev–Trinajstić information content (AvgIpc) is 2.56. The van der Waals surface area contributed by atoms with Gasteiger partial charge in [0.2, 0.25) is 6.29 Å². The second-order valence-corrected chi connectivity index (χ2v) is 6.10. The summed E-state index contributed by atoms with van der Waals surface area (Å²) in [6.45, 7) is 8.75. The Kier molecular flexibility index (Phi) is 3.62. The zero-order valence-corrected chi connectivity index (χ0v) is 11.2. The van der Waals surface area contributed by atoms with Crippen LogP contribution in [0.5, 0.6) is 0 Å². The number of allylic oxidation sites excluding steroid dienone is 1. The smallest absolute Gasteiger partial charge is 0.333 e. The first-order valence-electron chi connectivity index (χ1n) is 6.67. The molecule has 18 heavy (non-hydrogen) atoms. The number of rotatable bonds is 3. The Hall–Kier alpha value is -1.09. The number of aliphatic hydroxyl groups is 1. The van der Waals surface area contributed by atoms with Crippen molar-refractivity contribution in [2.24, 2.45) is 11.3 Å². The van der Waals surface area contributed by atoms with Gasteiger partial charge in [0.1, 0.15) is 0 Å². The van der Waals surface area contributed by atoms with Crippen LogP contribution < -0.4 is 0 Å². The highest BCUT2D eigenvalue weighted by Gasteiger charge is 2.35. The molecule has 0 bridgehead atoms. The van der Waals surface area contributed by atoms with Crippen molar-refractivity contribution in [3.8, 4) is 0 Å². The van der Waals surface area contributed by atoms with Gasteiger partial charge in [-0.1, -0.05) is 26.0 Å². The van der Waals surface area contributed by atoms with Crippen molar-refractivity contribution in [1.29, 1.82) is 0 Å². The number of hydrogen-bond donors (Lipinski definition) is 1. The van der Waals surface area contributed by atoms with Gasteiger partial charge in [-0.25, -0.2) is 4.79 Å². The van der Waals surface area contributed by atoms with Crippen molar-refractivity contribution in [3.63, 3.8) is 0 Å². The number of carbonyl (C=O) groups excluding carboxylic acids is 1. The number of cyclic esters (lactones) is 1. The Balaban J connectivity index is 1.98. The summed E-state index contributed by atoms with van der Waals surface area (Å²) in [6, 6.07) is 0. The third kappa shape index (κ3) is 2.66. The van der Waals surface area contributed by atoms with E-state index in [-0.39, 0.29) is 5.41 Å². The molecule has 0 radical (unpaired) electrons. The molecule has 0 spiro atoms. The molecule has 0 aromatic rings. The van der Waals surface area contributed by atoms with Crippen LogP contribution >= 0.6 is 0 Å². The van der Waals surface area contributed by atoms with Crippen LogP contribution in [0, 0.1) is 11.3 Å². The van der Waals surface area contributed by atoms with Crippen molar-refractivity contribution in [2.45, 2.75) is 52.2 Å². The minimum absolute atomic E-state index is 0.268. The quantitative estimate of drug-likeness (QED) is 0.618. The topological polar surface area (TPSA) is 46.5 Å². The predicted molar refractivity (Wildman–Crippen MR) is 69.7 cm³/mol. The van der Waals surface area contributed by atoms with Gasteiger partial charge in [-0.05, 0) is 43.4 Å². The van der Waals surface area contributed by atoms with E-state index in [0.717, 1.165) is 12.8 Å². The fourth-order valence-electron chi connectivity index (χ4n) is 3.22. The zero-order valence-electron chi connectivity index (χ0n) is 11.2. The molecule has 0 aromatic carbocycles. The van der Waals surface area contributed by atoms with Gasteiger partial charge >= 0.3 is 5.97 Å². The van der Waals surface area contributed by atoms with E-state index in [1.165, 1.54) is 24.5 Å². The molecule has 1 heterocycles. The van der Waals surface area contributed by atoms with E-state index in [4.69, 9.17) is 4.74 Å². The average molecular weight is 250 g/mol. The van der Waals surface area contributed by atoms with E-state index in [9.17, 15) is 9.90 Å². The number of esters is 1. The van der Waals surface area contributed by atoms with E-state index in [2.05, 4.69) is 20.4 Å². The molecule has 0 saturated heterocycles. The van der Waals surface area contributed by atoms with Crippen molar-refractivity contribution in [2.75, 3.05) is 0 Å². The summed E-state index contributed by atoms with van der Waals surface area (Å²) < 4.78 is 4.69. The summed E-state index contributed by atoms with van der Waals surface area (Å²) in [6.07, 6.45) is 5.57. The van der Waals surface area contributed by atoms with Crippen molar-refractivity contribution >= 4 is 5.97 Å². The molecule has 2 aliphatic rings. The molecular weight excluding hydrogens is 228 g/mol. The van der Waals surface area contributed by atoms with Crippen LogP contribution in [0.15, 0.2) is 23.8 Å². The summed E-state index contributed by atoms with van der Waals surface area (Å²) in [5, 5.41) is 9.55. The molecule has 1 N–H and O–H groups in total. The molecule has 1 saturated carbocycles. The second-order valence-electron chi connectivity index (χ2n) is 6.10. The molecule has 3 heteroatoms. The third-order valence-electron chi connectivity index (χ3n) is 4.33. The Morgan fingerprint density at radius 2 is 2.28 bits per heavy atom. The molecule has 1 aliphatic heterocycles. The summed E-state index contributed by atoms with van der Waals surface area (Å²) in [5.74, 6) is 0.0364. The number of hydrogen-bond acceptors (Lipinski definition) is 3. The standard InChI is InChI=1S/C15H22O3/c1-10-5-4-8-15(2,3)12(10)7-6-11-9-13(16)18-14(11)17/h9,12,14,17H,1,4-8H2,2-3H3/t12-,14?/m1/s1. The van der Waals surface area contributed by atoms with Gasteiger partial charge in [0.05, 0.1) is 0 Å². The van der Waals surface area contributed by atoms with Crippen LogP contribution in [-0.4, -0.2) is 17.4 Å². The lowest BCUT2D eigenvalue weighted by Crippen LogP contribution is -2.29. The van der Waals surface area contributed by atoms with Gasteiger partial charge in [0.25, 0.3) is 0 Å². The normalized spacial score (nSPS) is 31.2. The molecule has 100 valence electrons. The Morgan fingerprint density at radius 3 is 2.83 bits per heavy atom. The molecular formula is C15H22O3. The van der Waals surface area contributed by atoms with Gasteiger partial charge in [0, 0.05) is 11.6 Å². The van der Waals surface area contributed by atoms with Crippen molar-refractivity contribution in [1.82, 2.24) is 0 Å². The van der Waals surface area contributed by atoms with E-state index in [1.54, 1.807) is 0 Å². The molecule has 0 aromatic heterocycles. The molecule has 2 atom stereocenters. The number of carbonyl (C=O) groups is 1. The lowest BCUT2D eigenvalue weighted by molar-refractivity contribution is -0.151. The number of aliphatic hydroxyl groups excluding tert-OH is 1. The van der Waals surface area contributed by atoms with Crippen LogP contribution in [0.4, 0.5) is 0 Å². The zero-order chi connectivity index (χ0) is 13.3. The Bertz CT molecular complexity index is 393. The predicted octanol–water partition coefficient (Wildman–Crippen LogP) is 2.95. The monoisotopic (exact) mass is 250 g/mol. The lowest BCUT2D eigenvalue weighted by Gasteiger charge is -2.40. The highest BCUT2D eigenvalue weighted by atomic mass is 16.6. The van der Waals surface area contributed by atoms with Gasteiger partial charge in [-0.2, -0.15) is 0 Å². The highest BCUT2D eigenvalue weighted by molar-refractivity contribution is 5.85. The third-order valence-corrected chi connectivity index (χ3v) is 4.33. The van der Waals surface area contributed by atoms with Crippen molar-refractivity contribution < 1.29 is 14.6 Å². The number of ether oxygens (including phenoxy) is 1. The Labute approximate surface area is 109 Å². The van der Waals surface area contributed by atoms with Crippen LogP contribution in [-0.2, 0) is 9.53 Å². The SMILES string of the molecule is C=C1CCCC(C)(C)[C@@H]1CCC1=CC(=O)OC1O. The first-order valence-corrected chi connectivity index (χ1v) is 6.67. The fourth-order valence-corrected chi connectivity index (χ4v) is 3.22. The maximum Gasteiger partial charge on any atom is 0.333 e. The van der Waals surface area contributed by atoms with E-state index in [1.807, 2.05) is 0 Å². The van der Waals surface area contributed by atoms with Gasteiger partial charge in [-0.3, -0.25) is 0 Å². The minimum atomic E-state index is -1.03. The van der Waals surface area contributed by atoms with Gasteiger partial charge in [-0.15, -0.1) is 0 Å². The summed E-state index contributed by atoms with van der Waals surface area (Å²) in [7, 11) is 0. The molecule has 3 nitrogen and oxygen atoms in total. The van der Waals surface area contributed by atoms with Crippen LogP contribution in [0.1, 0.15) is 46.0 Å². The first-order chi connectivity index (χ1) is 8.40.